The van der Waals surface area contributed by atoms with Crippen molar-refractivity contribution < 1.29 is 38.7 Å². The molecule has 0 heterocycles. The molecule has 0 aromatic heterocycles. The van der Waals surface area contributed by atoms with Gasteiger partial charge in [-0.1, -0.05) is 55.4 Å². The second-order valence-electron chi connectivity index (χ2n) is 8.32. The van der Waals surface area contributed by atoms with Crippen molar-refractivity contribution in [2.45, 2.75) is 125 Å². The van der Waals surface area contributed by atoms with Gasteiger partial charge in [0.1, 0.15) is 0 Å². The van der Waals surface area contributed by atoms with Gasteiger partial charge in [0.15, 0.2) is 25.2 Å². The molecule has 0 saturated carbocycles. The van der Waals surface area contributed by atoms with Crippen LogP contribution in [0.15, 0.2) is 0 Å². The third-order valence-corrected chi connectivity index (χ3v) is 5.89. The van der Waals surface area contributed by atoms with Crippen molar-refractivity contribution in [1.82, 2.24) is 0 Å². The maximum absolute atomic E-state index is 12.1. The molecule has 32 heavy (non-hydrogen) atoms. The largest absolute Gasteiger partial charge is 0.465 e. The van der Waals surface area contributed by atoms with E-state index in [9.17, 15) is 15.0 Å². The fourth-order valence-electron chi connectivity index (χ4n) is 3.05. The van der Waals surface area contributed by atoms with Crippen LogP contribution in [0.4, 0.5) is 0 Å². The first-order chi connectivity index (χ1) is 15.2. The van der Waals surface area contributed by atoms with Crippen LogP contribution >= 0.6 is 0 Å². The highest BCUT2D eigenvalue weighted by molar-refractivity contribution is 5.71. The van der Waals surface area contributed by atoms with Crippen LogP contribution in [0.5, 0.6) is 0 Å². The molecule has 0 bridgehead atoms. The second kappa shape index (κ2) is 16.8. The standard InChI is InChI=1S/C24H48O8/c1-9-17(7)23(27)28-15-18(8)24(14-6,16-25)32-22(13-5)31-21(12-4)30-20(11-3)29-19(26)10-2/h17-22,25-26H,9-16H2,1-8H3. The maximum Gasteiger partial charge on any atom is 0.308 e. The van der Waals surface area contributed by atoms with Gasteiger partial charge in [-0.25, -0.2) is 0 Å². The smallest absolute Gasteiger partial charge is 0.308 e. The molecule has 8 heteroatoms. The van der Waals surface area contributed by atoms with Crippen molar-refractivity contribution in [3.05, 3.63) is 0 Å². The molecule has 0 fully saturated rings. The predicted octanol–water partition coefficient (Wildman–Crippen LogP) is 4.36. The Hall–Kier alpha value is -0.770. The van der Waals surface area contributed by atoms with Gasteiger partial charge in [-0.15, -0.1) is 0 Å². The molecule has 7 atom stereocenters. The Bertz CT molecular complexity index is 483. The number of hydrogen-bond acceptors (Lipinski definition) is 8. The summed E-state index contributed by atoms with van der Waals surface area (Å²) < 4.78 is 29.2. The van der Waals surface area contributed by atoms with Gasteiger partial charge >= 0.3 is 5.97 Å². The minimum absolute atomic E-state index is 0.155. The number of carbonyl (C=O) groups is 1. The molecule has 0 spiro atoms. The normalized spacial score (nSPS) is 19.4. The minimum atomic E-state index is -0.923. The predicted molar refractivity (Wildman–Crippen MR) is 123 cm³/mol. The Morgan fingerprint density at radius 3 is 1.78 bits per heavy atom. The van der Waals surface area contributed by atoms with Crippen LogP contribution in [0, 0.1) is 11.8 Å². The fourth-order valence-corrected chi connectivity index (χ4v) is 3.05. The zero-order valence-electron chi connectivity index (χ0n) is 21.5. The quantitative estimate of drug-likeness (QED) is 0.215. The van der Waals surface area contributed by atoms with E-state index in [4.69, 9.17) is 23.7 Å². The summed E-state index contributed by atoms with van der Waals surface area (Å²) in [6.45, 7) is 15.1. The van der Waals surface area contributed by atoms with Crippen molar-refractivity contribution in [3.63, 3.8) is 0 Å². The van der Waals surface area contributed by atoms with Gasteiger partial charge in [-0.2, -0.15) is 0 Å². The first kappa shape index (κ1) is 31.2. The van der Waals surface area contributed by atoms with E-state index in [1.807, 2.05) is 55.4 Å². The summed E-state index contributed by atoms with van der Waals surface area (Å²) in [5.41, 5.74) is -0.923. The molecular weight excluding hydrogens is 416 g/mol. The molecule has 0 saturated heterocycles. The van der Waals surface area contributed by atoms with Gasteiger partial charge < -0.3 is 33.9 Å². The zero-order valence-corrected chi connectivity index (χ0v) is 21.5. The fraction of sp³-hybridized carbons (Fsp3) is 0.958. The molecule has 0 amide bonds. The number of esters is 1. The molecule has 0 aromatic carbocycles. The van der Waals surface area contributed by atoms with E-state index in [-0.39, 0.29) is 31.0 Å². The van der Waals surface area contributed by atoms with Crippen LogP contribution in [0.1, 0.15) is 93.9 Å². The summed E-state index contributed by atoms with van der Waals surface area (Å²) in [6, 6.07) is 0. The van der Waals surface area contributed by atoms with Crippen LogP contribution in [0.2, 0.25) is 0 Å². The summed E-state index contributed by atoms with van der Waals surface area (Å²) in [5, 5.41) is 20.0. The number of carbonyl (C=O) groups excluding carboxylic acids is 1. The van der Waals surface area contributed by atoms with Crippen molar-refractivity contribution in [2.24, 2.45) is 11.8 Å². The first-order valence-corrected chi connectivity index (χ1v) is 12.3. The molecule has 0 radical (unpaired) electrons. The molecule has 7 unspecified atom stereocenters. The van der Waals surface area contributed by atoms with E-state index in [0.717, 1.165) is 0 Å². The van der Waals surface area contributed by atoms with Gasteiger partial charge in [-0.3, -0.25) is 4.79 Å². The average molecular weight is 465 g/mol. The van der Waals surface area contributed by atoms with Gasteiger partial charge in [0.05, 0.1) is 24.7 Å². The van der Waals surface area contributed by atoms with Gasteiger partial charge in [0.25, 0.3) is 0 Å². The molecule has 192 valence electrons. The van der Waals surface area contributed by atoms with Crippen molar-refractivity contribution >= 4 is 5.97 Å². The van der Waals surface area contributed by atoms with E-state index in [0.29, 0.717) is 38.5 Å². The second-order valence-corrected chi connectivity index (χ2v) is 8.32. The number of ether oxygens (including phenoxy) is 5. The zero-order chi connectivity index (χ0) is 24.7. The lowest BCUT2D eigenvalue weighted by Gasteiger charge is -2.40. The van der Waals surface area contributed by atoms with E-state index in [1.54, 1.807) is 0 Å². The van der Waals surface area contributed by atoms with Crippen LogP contribution in [0.25, 0.3) is 0 Å². The van der Waals surface area contributed by atoms with Gasteiger partial charge in [-0.05, 0) is 38.5 Å². The lowest BCUT2D eigenvalue weighted by Crippen LogP contribution is -2.48. The van der Waals surface area contributed by atoms with E-state index in [1.165, 1.54) is 0 Å². The van der Waals surface area contributed by atoms with E-state index < -0.39 is 30.8 Å². The van der Waals surface area contributed by atoms with E-state index in [2.05, 4.69) is 0 Å². The lowest BCUT2D eigenvalue weighted by molar-refractivity contribution is -0.335. The molecule has 0 aliphatic carbocycles. The summed E-state index contributed by atoms with van der Waals surface area (Å²) in [7, 11) is 0. The molecule has 0 aliphatic rings. The molecule has 0 aromatic rings. The number of hydrogen-bond donors (Lipinski definition) is 2. The molecule has 2 N–H and O–H groups in total. The molecular formula is C24H48O8. The Labute approximate surface area is 194 Å². The van der Waals surface area contributed by atoms with Crippen LogP contribution in [-0.2, 0) is 28.5 Å². The third kappa shape index (κ3) is 10.4. The van der Waals surface area contributed by atoms with Crippen LogP contribution < -0.4 is 0 Å². The number of aliphatic hydroxyl groups is 2. The summed E-state index contributed by atoms with van der Waals surface area (Å²) in [5.74, 6) is -0.650. The number of aliphatic hydroxyl groups excluding tert-OH is 2. The Balaban J connectivity index is 5.17. The maximum atomic E-state index is 12.1. The van der Waals surface area contributed by atoms with Crippen molar-refractivity contribution in [3.8, 4) is 0 Å². The van der Waals surface area contributed by atoms with Crippen LogP contribution in [0.3, 0.4) is 0 Å². The monoisotopic (exact) mass is 464 g/mol. The van der Waals surface area contributed by atoms with E-state index >= 15 is 0 Å². The molecule has 8 nitrogen and oxygen atoms in total. The molecule has 0 rings (SSSR count). The number of rotatable bonds is 19. The summed E-state index contributed by atoms with van der Waals surface area (Å²) in [6.07, 6.45) is 0.636. The van der Waals surface area contributed by atoms with Gasteiger partial charge in [0.2, 0.25) is 0 Å². The minimum Gasteiger partial charge on any atom is -0.465 e. The Morgan fingerprint density at radius 1 is 0.812 bits per heavy atom. The van der Waals surface area contributed by atoms with Crippen molar-refractivity contribution in [1.29, 1.82) is 0 Å². The van der Waals surface area contributed by atoms with Crippen LogP contribution in [-0.4, -0.2) is 60.2 Å². The Morgan fingerprint density at radius 2 is 1.34 bits per heavy atom. The molecule has 0 aliphatic heterocycles. The first-order valence-electron chi connectivity index (χ1n) is 12.3. The average Bonchev–Trinajstić information content (AvgIpc) is 2.82. The highest BCUT2D eigenvalue weighted by atomic mass is 16.8. The third-order valence-electron chi connectivity index (χ3n) is 5.89. The Kier molecular flexibility index (Phi) is 16.4. The topological polar surface area (TPSA) is 104 Å². The van der Waals surface area contributed by atoms with Crippen molar-refractivity contribution in [2.75, 3.05) is 13.2 Å². The highest BCUT2D eigenvalue weighted by Gasteiger charge is 2.39. The lowest BCUT2D eigenvalue weighted by atomic mass is 9.87. The SMILES string of the molecule is CCC(O)OC(CC)OC(CC)OC(CC)OC(CC)(CO)C(C)COC(=O)C(C)CC. The summed E-state index contributed by atoms with van der Waals surface area (Å²) in [4.78, 5) is 12.1. The highest BCUT2D eigenvalue weighted by Crippen LogP contribution is 2.30. The van der Waals surface area contributed by atoms with Gasteiger partial charge in [0, 0.05) is 5.92 Å². The summed E-state index contributed by atoms with van der Waals surface area (Å²) >= 11 is 0.